The second-order valence-electron chi connectivity index (χ2n) is 15.3. The third kappa shape index (κ3) is 7.39. The predicted molar refractivity (Wildman–Crippen MR) is 218 cm³/mol. The summed E-state index contributed by atoms with van der Waals surface area (Å²) in [6.45, 7) is 1.42. The summed E-state index contributed by atoms with van der Waals surface area (Å²) in [6.07, 6.45) is 9.18. The first-order valence-corrected chi connectivity index (χ1v) is 19.5. The quantitative estimate of drug-likeness (QED) is 0.141. The molecule has 0 spiro atoms. The van der Waals surface area contributed by atoms with Gasteiger partial charge in [0.25, 0.3) is 0 Å². The standard InChI is InChI=1S/C45H49N9O2/c1-51(2)40(32-13-7-5-8-14-32)44(55)53-25-11-17-38(53)42-47-28-36(49-42)31-21-19-30(20-22-31)35-24-23-34(27-46-35)37-29-48-43(50-37)39-18-12-26-54(39)45(56)41(52(3)4)33-15-9-6-10-16-33/h5-10,13-16,19-24,27-29,38-41H,11-12,17-18,25-26H2,1-4H3,(H,47,49)(H,48,50)/t38-,39-,40+,41+/m0/s1. The zero-order valence-electron chi connectivity index (χ0n) is 32.5. The molecule has 4 atom stereocenters. The normalized spacial score (nSPS) is 18.2. The number of carbonyl (C=O) groups excluding carboxylic acids is 2. The van der Waals surface area contributed by atoms with Crippen molar-refractivity contribution < 1.29 is 9.59 Å². The van der Waals surface area contributed by atoms with Gasteiger partial charge in [0.2, 0.25) is 11.8 Å². The lowest BCUT2D eigenvalue weighted by atomic mass is 10.0. The highest BCUT2D eigenvalue weighted by Crippen LogP contribution is 2.37. The lowest BCUT2D eigenvalue weighted by Crippen LogP contribution is -2.40. The minimum absolute atomic E-state index is 0.0926. The molecule has 0 radical (unpaired) electrons. The SMILES string of the molecule is CN(C)[C@@H](C(=O)N1CCC[C@H]1c1ncc(-c2ccc(-c3ccc(-c4cnc([C@@H]5CCCN5C(=O)[C@@H](c5ccccc5)N(C)C)[nH]4)cn3)cc2)[nH]1)c1ccccc1. The third-order valence-electron chi connectivity index (χ3n) is 11.2. The Bertz CT molecular complexity index is 2090. The fourth-order valence-electron chi connectivity index (χ4n) is 8.39. The minimum Gasteiger partial charge on any atom is -0.340 e. The first kappa shape index (κ1) is 37.0. The Morgan fingerprint density at radius 2 is 1.02 bits per heavy atom. The van der Waals surface area contributed by atoms with Crippen LogP contribution in [0.15, 0.2) is 116 Å². The highest BCUT2D eigenvalue weighted by atomic mass is 16.2. The molecule has 0 aliphatic carbocycles. The molecule has 11 nitrogen and oxygen atoms in total. The molecule has 2 aliphatic rings. The number of H-pyrrole nitrogens is 2. The molecule has 0 bridgehead atoms. The van der Waals surface area contributed by atoms with Crippen LogP contribution in [0.1, 0.15) is 72.6 Å². The fraction of sp³-hybridized carbons (Fsp3) is 0.311. The second kappa shape index (κ2) is 16.1. The van der Waals surface area contributed by atoms with Gasteiger partial charge in [-0.25, -0.2) is 9.97 Å². The summed E-state index contributed by atoms with van der Waals surface area (Å²) >= 11 is 0. The Labute approximate surface area is 328 Å². The minimum atomic E-state index is -0.351. The van der Waals surface area contributed by atoms with E-state index >= 15 is 0 Å². The predicted octanol–water partition coefficient (Wildman–Crippen LogP) is 7.46. The van der Waals surface area contributed by atoms with E-state index in [1.807, 2.05) is 133 Å². The third-order valence-corrected chi connectivity index (χ3v) is 11.2. The number of nitrogens with one attached hydrogen (secondary N) is 2. The zero-order valence-corrected chi connectivity index (χ0v) is 32.5. The van der Waals surface area contributed by atoms with Crippen LogP contribution in [0.25, 0.3) is 33.8 Å². The molecule has 3 aromatic carbocycles. The first-order valence-electron chi connectivity index (χ1n) is 19.5. The van der Waals surface area contributed by atoms with Gasteiger partial charge in [-0.2, -0.15) is 0 Å². The highest BCUT2D eigenvalue weighted by Gasteiger charge is 2.38. The number of carbonyl (C=O) groups is 2. The molecule has 0 unspecified atom stereocenters. The zero-order chi connectivity index (χ0) is 38.8. The van der Waals surface area contributed by atoms with Gasteiger partial charge in [0, 0.05) is 30.4 Å². The largest absolute Gasteiger partial charge is 0.340 e. The Kier molecular flexibility index (Phi) is 10.6. The van der Waals surface area contributed by atoms with Crippen LogP contribution in [0.2, 0.25) is 0 Å². The van der Waals surface area contributed by atoms with Crippen LogP contribution in [0.5, 0.6) is 0 Å². The van der Waals surface area contributed by atoms with Crippen molar-refractivity contribution in [3.8, 4) is 33.8 Å². The van der Waals surface area contributed by atoms with Crippen molar-refractivity contribution in [2.24, 2.45) is 0 Å². The van der Waals surface area contributed by atoms with Crippen molar-refractivity contribution in [3.63, 3.8) is 0 Å². The number of benzene rings is 3. The molecular weight excluding hydrogens is 699 g/mol. The Morgan fingerprint density at radius 1 is 0.571 bits per heavy atom. The van der Waals surface area contributed by atoms with Crippen molar-refractivity contribution in [2.75, 3.05) is 41.3 Å². The smallest absolute Gasteiger partial charge is 0.245 e. The Hall–Kier alpha value is -5.91. The molecule has 2 aliphatic heterocycles. The van der Waals surface area contributed by atoms with Crippen molar-refractivity contribution in [3.05, 3.63) is 138 Å². The summed E-state index contributed by atoms with van der Waals surface area (Å²) in [5, 5.41) is 0. The van der Waals surface area contributed by atoms with Gasteiger partial charge in [0.05, 0.1) is 41.6 Å². The number of nitrogens with zero attached hydrogens (tertiary/aromatic N) is 7. The molecule has 2 fully saturated rings. The first-order chi connectivity index (χ1) is 27.3. The van der Waals surface area contributed by atoms with Crippen molar-refractivity contribution in [2.45, 2.75) is 49.9 Å². The van der Waals surface area contributed by atoms with Crippen LogP contribution < -0.4 is 0 Å². The van der Waals surface area contributed by atoms with Crippen LogP contribution in [-0.2, 0) is 9.59 Å². The summed E-state index contributed by atoms with van der Waals surface area (Å²) in [6, 6.07) is 31.4. The molecule has 11 heteroatoms. The van der Waals surface area contributed by atoms with Crippen LogP contribution in [0.4, 0.5) is 0 Å². The van der Waals surface area contributed by atoms with Gasteiger partial charge < -0.3 is 19.8 Å². The van der Waals surface area contributed by atoms with E-state index < -0.39 is 0 Å². The molecule has 3 aromatic heterocycles. The number of imidazole rings is 2. The molecule has 8 rings (SSSR count). The second-order valence-corrected chi connectivity index (χ2v) is 15.3. The number of aromatic amines is 2. The van der Waals surface area contributed by atoms with Crippen LogP contribution in [-0.4, -0.2) is 97.6 Å². The molecule has 6 aromatic rings. The molecule has 2 N–H and O–H groups in total. The van der Waals surface area contributed by atoms with E-state index in [1.165, 1.54) is 0 Å². The number of hydrogen-bond acceptors (Lipinski definition) is 7. The Morgan fingerprint density at radius 3 is 1.46 bits per heavy atom. The number of likely N-dealkylation sites (N-methyl/N-ethyl adjacent to an activating group) is 2. The lowest BCUT2D eigenvalue weighted by Gasteiger charge is -2.31. The van der Waals surface area contributed by atoms with Gasteiger partial charge in [-0.3, -0.25) is 24.4 Å². The van der Waals surface area contributed by atoms with Gasteiger partial charge in [-0.1, -0.05) is 84.9 Å². The number of aromatic nitrogens is 5. The van der Waals surface area contributed by atoms with Crippen molar-refractivity contribution >= 4 is 11.8 Å². The van der Waals surface area contributed by atoms with E-state index in [-0.39, 0.29) is 36.0 Å². The van der Waals surface area contributed by atoms with E-state index in [4.69, 9.17) is 15.0 Å². The monoisotopic (exact) mass is 747 g/mol. The maximum Gasteiger partial charge on any atom is 0.245 e. The fourth-order valence-corrected chi connectivity index (χ4v) is 8.39. The van der Waals surface area contributed by atoms with Gasteiger partial charge in [0.15, 0.2) is 0 Å². The van der Waals surface area contributed by atoms with Crippen molar-refractivity contribution in [1.82, 2.24) is 44.5 Å². The number of likely N-dealkylation sites (tertiary alicyclic amines) is 2. The Balaban J connectivity index is 0.930. The number of hydrogen-bond donors (Lipinski definition) is 2. The van der Waals surface area contributed by atoms with Gasteiger partial charge >= 0.3 is 0 Å². The molecule has 0 saturated carbocycles. The maximum absolute atomic E-state index is 13.9. The van der Waals surface area contributed by atoms with E-state index in [1.54, 1.807) is 0 Å². The number of amides is 2. The van der Waals surface area contributed by atoms with E-state index in [0.717, 1.165) is 82.2 Å². The molecule has 2 saturated heterocycles. The van der Waals surface area contributed by atoms with E-state index in [2.05, 4.69) is 40.3 Å². The van der Waals surface area contributed by atoms with Gasteiger partial charge in [0.1, 0.15) is 23.7 Å². The molecular formula is C45H49N9O2. The summed E-state index contributed by atoms with van der Waals surface area (Å²) in [5.74, 6) is 1.81. The molecule has 2 amide bonds. The molecule has 5 heterocycles. The summed E-state index contributed by atoms with van der Waals surface area (Å²) in [4.78, 5) is 57.1. The van der Waals surface area contributed by atoms with Crippen molar-refractivity contribution in [1.29, 1.82) is 0 Å². The van der Waals surface area contributed by atoms with E-state index in [9.17, 15) is 9.59 Å². The van der Waals surface area contributed by atoms with E-state index in [0.29, 0.717) is 13.1 Å². The highest BCUT2D eigenvalue weighted by molar-refractivity contribution is 5.84. The van der Waals surface area contributed by atoms with Gasteiger partial charge in [-0.15, -0.1) is 0 Å². The summed E-state index contributed by atoms with van der Waals surface area (Å²) < 4.78 is 0. The van der Waals surface area contributed by atoms with Gasteiger partial charge in [-0.05, 0) is 82.7 Å². The molecule has 56 heavy (non-hydrogen) atoms. The lowest BCUT2D eigenvalue weighted by molar-refractivity contribution is -0.138. The molecule has 286 valence electrons. The number of rotatable bonds is 11. The maximum atomic E-state index is 13.9. The average Bonchev–Trinajstić information content (AvgIpc) is 4.06. The average molecular weight is 748 g/mol. The topological polar surface area (TPSA) is 117 Å². The van der Waals surface area contributed by atoms with Crippen LogP contribution in [0.3, 0.4) is 0 Å². The van der Waals surface area contributed by atoms with Crippen LogP contribution in [0, 0.1) is 0 Å². The summed E-state index contributed by atoms with van der Waals surface area (Å²) in [5.41, 5.74) is 7.58. The number of pyridine rings is 1. The van der Waals surface area contributed by atoms with Crippen LogP contribution >= 0.6 is 0 Å². The summed E-state index contributed by atoms with van der Waals surface area (Å²) in [7, 11) is 7.82.